The molecule has 1 aromatic carbocycles. The third kappa shape index (κ3) is 3.52. The number of aromatic hydroxyl groups is 1. The third-order valence-electron chi connectivity index (χ3n) is 2.45. The average Bonchev–Trinajstić information content (AvgIpc) is 2.29. The van der Waals surface area contributed by atoms with Gasteiger partial charge in [0, 0.05) is 17.7 Å². The number of phenolic OH excluding ortho intramolecular Hbond substituents is 1. The summed E-state index contributed by atoms with van der Waals surface area (Å²) in [6.07, 6.45) is 1.67. The number of ether oxygens (including phenoxy) is 1. The predicted octanol–water partition coefficient (Wildman–Crippen LogP) is 2.49. The van der Waals surface area contributed by atoms with Crippen LogP contribution in [0, 0.1) is 11.3 Å². The third-order valence-corrected chi connectivity index (χ3v) is 2.45. The molecule has 0 aliphatic heterocycles. The van der Waals surface area contributed by atoms with E-state index in [1.54, 1.807) is 6.07 Å². The zero-order valence-electron chi connectivity index (χ0n) is 9.93. The van der Waals surface area contributed by atoms with Crippen molar-refractivity contribution in [3.05, 3.63) is 23.3 Å². The molecule has 94 valence electrons. The van der Waals surface area contributed by atoms with Gasteiger partial charge in [0.05, 0.1) is 18.7 Å². The Bertz CT molecular complexity index is 416. The zero-order valence-corrected chi connectivity index (χ0v) is 10.8. The lowest BCUT2D eigenvalue weighted by atomic mass is 9.99. The average molecular weight is 257 g/mol. The Balaban J connectivity index is 0.00000256. The molecular formula is C12H17ClN2O2. The molecule has 0 amide bonds. The van der Waals surface area contributed by atoms with Crippen LogP contribution >= 0.6 is 12.4 Å². The smallest absolute Gasteiger partial charge is 0.162 e. The van der Waals surface area contributed by atoms with Crippen LogP contribution in [0.25, 0.3) is 0 Å². The number of nitriles is 1. The van der Waals surface area contributed by atoms with E-state index in [0.29, 0.717) is 16.9 Å². The van der Waals surface area contributed by atoms with Gasteiger partial charge in [0.15, 0.2) is 11.5 Å². The van der Waals surface area contributed by atoms with Crippen LogP contribution in [0.2, 0.25) is 0 Å². The molecule has 0 saturated carbocycles. The molecule has 3 N–H and O–H groups in total. The maximum absolute atomic E-state index is 9.89. The van der Waals surface area contributed by atoms with E-state index in [1.807, 2.05) is 13.0 Å². The second kappa shape index (κ2) is 7.00. The first-order chi connectivity index (χ1) is 7.63. The molecule has 0 radical (unpaired) electrons. The minimum Gasteiger partial charge on any atom is -0.504 e. The highest BCUT2D eigenvalue weighted by Crippen LogP contribution is 2.35. The fraction of sp³-hybridized carbons (Fsp3) is 0.417. The van der Waals surface area contributed by atoms with Crippen molar-refractivity contribution in [1.82, 2.24) is 0 Å². The van der Waals surface area contributed by atoms with Gasteiger partial charge in [0.1, 0.15) is 0 Å². The number of nitrogens with zero attached hydrogens (tertiary/aromatic N) is 1. The van der Waals surface area contributed by atoms with E-state index in [4.69, 9.17) is 15.7 Å². The van der Waals surface area contributed by atoms with Crippen molar-refractivity contribution in [1.29, 1.82) is 5.26 Å². The molecule has 4 nitrogen and oxygen atoms in total. The summed E-state index contributed by atoms with van der Waals surface area (Å²) in [6.45, 7) is 2.02. The first-order valence-corrected chi connectivity index (χ1v) is 5.20. The molecule has 1 atom stereocenters. The van der Waals surface area contributed by atoms with E-state index in [2.05, 4.69) is 0 Å². The largest absolute Gasteiger partial charge is 0.504 e. The molecule has 17 heavy (non-hydrogen) atoms. The Labute approximate surface area is 107 Å². The number of halogens is 1. The molecule has 0 aromatic heterocycles. The van der Waals surface area contributed by atoms with Gasteiger partial charge in [0.25, 0.3) is 0 Å². The van der Waals surface area contributed by atoms with Crippen LogP contribution in [-0.4, -0.2) is 12.2 Å². The second-order valence-electron chi connectivity index (χ2n) is 3.62. The lowest BCUT2D eigenvalue weighted by molar-refractivity contribution is 0.367. The maximum Gasteiger partial charge on any atom is 0.162 e. The van der Waals surface area contributed by atoms with E-state index in [-0.39, 0.29) is 24.2 Å². The van der Waals surface area contributed by atoms with Gasteiger partial charge in [-0.3, -0.25) is 0 Å². The van der Waals surface area contributed by atoms with Crippen LogP contribution in [0.15, 0.2) is 12.1 Å². The highest BCUT2D eigenvalue weighted by Gasteiger charge is 2.15. The van der Waals surface area contributed by atoms with Gasteiger partial charge in [-0.2, -0.15) is 5.26 Å². The molecule has 0 fully saturated rings. The number of benzene rings is 1. The van der Waals surface area contributed by atoms with Crippen LogP contribution in [0.1, 0.15) is 36.9 Å². The summed E-state index contributed by atoms with van der Waals surface area (Å²) in [5.74, 6) is 0.322. The Hall–Kier alpha value is -1.44. The van der Waals surface area contributed by atoms with Gasteiger partial charge in [-0.05, 0) is 12.5 Å². The van der Waals surface area contributed by atoms with Gasteiger partial charge < -0.3 is 15.6 Å². The van der Waals surface area contributed by atoms with Crippen molar-refractivity contribution in [2.75, 3.05) is 7.11 Å². The molecule has 1 rings (SSSR count). The second-order valence-corrected chi connectivity index (χ2v) is 3.62. The summed E-state index contributed by atoms with van der Waals surface area (Å²) in [6, 6.07) is 4.86. The molecule has 0 saturated heterocycles. The molecule has 5 heteroatoms. The van der Waals surface area contributed by atoms with Crippen molar-refractivity contribution in [3.63, 3.8) is 0 Å². The van der Waals surface area contributed by atoms with Gasteiger partial charge in [-0.15, -0.1) is 12.4 Å². The molecular weight excluding hydrogens is 240 g/mol. The van der Waals surface area contributed by atoms with Crippen LogP contribution in [0.4, 0.5) is 0 Å². The summed E-state index contributed by atoms with van der Waals surface area (Å²) >= 11 is 0. The van der Waals surface area contributed by atoms with Crippen molar-refractivity contribution >= 4 is 12.4 Å². The maximum atomic E-state index is 9.89. The van der Waals surface area contributed by atoms with E-state index in [0.717, 1.165) is 12.8 Å². The number of methoxy groups -OCH3 is 1. The minimum atomic E-state index is -0.271. The topological polar surface area (TPSA) is 79.3 Å². The van der Waals surface area contributed by atoms with Gasteiger partial charge in [0.2, 0.25) is 0 Å². The first kappa shape index (κ1) is 15.6. The predicted molar refractivity (Wildman–Crippen MR) is 68.5 cm³/mol. The Morgan fingerprint density at radius 1 is 1.53 bits per heavy atom. The molecule has 1 aromatic rings. The Kier molecular flexibility index (Phi) is 6.40. The summed E-state index contributed by atoms with van der Waals surface area (Å²) in [7, 11) is 1.45. The standard InChI is InChI=1S/C12H16N2O2.ClH/c1-3-4-10(14)9-5-8(7-13)6-11(16-2)12(9)15;/h5-6,10,15H,3-4,14H2,1-2H3;1H/t10-;/m1./s1. The molecule has 0 unspecified atom stereocenters. The van der Waals surface area contributed by atoms with Crippen molar-refractivity contribution in [2.24, 2.45) is 5.73 Å². The van der Waals surface area contributed by atoms with Crippen LogP contribution in [0.5, 0.6) is 11.5 Å². The van der Waals surface area contributed by atoms with Gasteiger partial charge in [-0.25, -0.2) is 0 Å². The van der Waals surface area contributed by atoms with Crippen molar-refractivity contribution < 1.29 is 9.84 Å². The normalized spacial score (nSPS) is 11.2. The Morgan fingerprint density at radius 3 is 2.65 bits per heavy atom. The highest BCUT2D eigenvalue weighted by atomic mass is 35.5. The summed E-state index contributed by atoms with van der Waals surface area (Å²) in [4.78, 5) is 0. The number of rotatable bonds is 4. The van der Waals surface area contributed by atoms with E-state index in [9.17, 15) is 5.11 Å². The summed E-state index contributed by atoms with van der Waals surface area (Å²) in [5, 5.41) is 18.7. The van der Waals surface area contributed by atoms with Crippen LogP contribution in [-0.2, 0) is 0 Å². The SMILES string of the molecule is CCC[C@@H](N)c1cc(C#N)cc(OC)c1O.Cl. The van der Waals surface area contributed by atoms with Crippen LogP contribution < -0.4 is 10.5 Å². The van der Waals surface area contributed by atoms with Crippen molar-refractivity contribution in [3.8, 4) is 17.6 Å². The van der Waals surface area contributed by atoms with E-state index < -0.39 is 0 Å². The number of phenols is 1. The minimum absolute atomic E-state index is 0. The lowest BCUT2D eigenvalue weighted by Crippen LogP contribution is -2.10. The quantitative estimate of drug-likeness (QED) is 0.867. The zero-order chi connectivity index (χ0) is 12.1. The number of nitrogens with two attached hydrogens (primary N) is 1. The van der Waals surface area contributed by atoms with E-state index in [1.165, 1.54) is 13.2 Å². The first-order valence-electron chi connectivity index (χ1n) is 5.20. The molecule has 0 aliphatic carbocycles. The van der Waals surface area contributed by atoms with Gasteiger partial charge in [-0.1, -0.05) is 13.3 Å². The lowest BCUT2D eigenvalue weighted by Gasteiger charge is -2.15. The molecule has 0 bridgehead atoms. The molecule has 0 heterocycles. The van der Waals surface area contributed by atoms with Crippen LogP contribution in [0.3, 0.4) is 0 Å². The fourth-order valence-corrected chi connectivity index (χ4v) is 1.60. The fourth-order valence-electron chi connectivity index (χ4n) is 1.60. The summed E-state index contributed by atoms with van der Waals surface area (Å²) < 4.78 is 5.00. The van der Waals surface area contributed by atoms with Crippen molar-refractivity contribution in [2.45, 2.75) is 25.8 Å². The Morgan fingerprint density at radius 2 is 2.18 bits per heavy atom. The molecule has 0 spiro atoms. The highest BCUT2D eigenvalue weighted by molar-refractivity contribution is 5.85. The molecule has 0 aliphatic rings. The number of hydrogen-bond acceptors (Lipinski definition) is 4. The monoisotopic (exact) mass is 256 g/mol. The number of hydrogen-bond donors (Lipinski definition) is 2. The van der Waals surface area contributed by atoms with Gasteiger partial charge >= 0.3 is 0 Å². The summed E-state index contributed by atoms with van der Waals surface area (Å²) in [5.41, 5.74) is 6.94. The van der Waals surface area contributed by atoms with E-state index >= 15 is 0 Å².